The van der Waals surface area contributed by atoms with E-state index >= 15 is 0 Å². The minimum Gasteiger partial charge on any atom is -0.322 e. The number of carbonyl (C=O) groups is 2. The third-order valence-corrected chi connectivity index (χ3v) is 6.07. The number of anilines is 3. The maximum atomic E-state index is 12.5. The highest BCUT2D eigenvalue weighted by Crippen LogP contribution is 2.21. The lowest BCUT2D eigenvalue weighted by Crippen LogP contribution is -2.15. The van der Waals surface area contributed by atoms with Gasteiger partial charge in [0.25, 0.3) is 11.8 Å². The minimum absolute atomic E-state index is 0.0330. The van der Waals surface area contributed by atoms with Crippen LogP contribution in [-0.4, -0.2) is 26.0 Å². The maximum Gasteiger partial charge on any atom is 0.255 e. The summed E-state index contributed by atoms with van der Waals surface area (Å²) in [5, 5.41) is 6.15. The van der Waals surface area contributed by atoms with E-state index in [1.807, 2.05) is 0 Å². The highest BCUT2D eigenvalue weighted by Gasteiger charge is 2.11. The van der Waals surface area contributed by atoms with Gasteiger partial charge < -0.3 is 10.6 Å². The molecule has 3 N–H and O–H groups in total. The van der Waals surface area contributed by atoms with Crippen molar-refractivity contribution in [2.75, 3.05) is 21.1 Å². The number of sulfonamides is 1. The summed E-state index contributed by atoms with van der Waals surface area (Å²) in [5.74, 6) is -0.772. The molecule has 7 nitrogen and oxygen atoms in total. The second-order valence-corrected chi connectivity index (χ2v) is 9.61. The molecule has 3 aromatic rings. The van der Waals surface area contributed by atoms with E-state index in [9.17, 15) is 18.0 Å². The van der Waals surface area contributed by atoms with Crippen LogP contribution in [0.1, 0.15) is 27.6 Å². The topological polar surface area (TPSA) is 104 Å². The van der Waals surface area contributed by atoms with Crippen LogP contribution in [0.5, 0.6) is 0 Å². The lowest BCUT2D eigenvalue weighted by molar-refractivity contribution is 0.102. The Hall–Kier alpha value is -3.07. The molecule has 0 radical (unpaired) electrons. The van der Waals surface area contributed by atoms with Gasteiger partial charge in [-0.2, -0.15) is 0 Å². The summed E-state index contributed by atoms with van der Waals surface area (Å²) in [6, 6.07) is 17.2. The molecule has 0 aliphatic rings. The fourth-order valence-electron chi connectivity index (χ4n) is 2.67. The Labute approximate surface area is 195 Å². The third kappa shape index (κ3) is 6.46. The van der Waals surface area contributed by atoms with Crippen LogP contribution >= 0.6 is 23.2 Å². The number of nitrogens with one attached hydrogen (secondary N) is 3. The molecule has 2 amide bonds. The Bertz CT molecular complexity index is 1220. The molecule has 0 bridgehead atoms. The average Bonchev–Trinajstić information content (AvgIpc) is 2.74. The second kappa shape index (κ2) is 10.0. The van der Waals surface area contributed by atoms with Crippen LogP contribution in [0.15, 0.2) is 66.7 Å². The summed E-state index contributed by atoms with van der Waals surface area (Å²) in [7, 11) is -3.37. The predicted molar refractivity (Wildman–Crippen MR) is 128 cm³/mol. The summed E-state index contributed by atoms with van der Waals surface area (Å²) < 4.78 is 25.6. The van der Waals surface area contributed by atoms with Crippen molar-refractivity contribution in [3.63, 3.8) is 0 Å². The van der Waals surface area contributed by atoms with Gasteiger partial charge in [0, 0.05) is 38.2 Å². The first-order chi connectivity index (χ1) is 15.1. The molecule has 32 heavy (non-hydrogen) atoms. The number of benzene rings is 3. The Morgan fingerprint density at radius 3 is 1.66 bits per heavy atom. The van der Waals surface area contributed by atoms with E-state index in [0.717, 1.165) is 0 Å². The van der Waals surface area contributed by atoms with Gasteiger partial charge in [-0.05, 0) is 73.7 Å². The van der Waals surface area contributed by atoms with E-state index in [2.05, 4.69) is 15.4 Å². The lowest BCUT2D eigenvalue weighted by Gasteiger charge is -2.09. The normalized spacial score (nSPS) is 11.0. The van der Waals surface area contributed by atoms with Crippen LogP contribution in [0.4, 0.5) is 17.1 Å². The van der Waals surface area contributed by atoms with Crippen molar-refractivity contribution in [3.8, 4) is 0 Å². The molecule has 10 heteroatoms. The molecule has 0 aromatic heterocycles. The number of hydrogen-bond donors (Lipinski definition) is 3. The largest absolute Gasteiger partial charge is 0.322 e. The minimum atomic E-state index is -3.37. The summed E-state index contributed by atoms with van der Waals surface area (Å²) in [6.45, 7) is 1.54. The van der Waals surface area contributed by atoms with E-state index in [1.165, 1.54) is 18.2 Å². The SMILES string of the molecule is CCS(=O)(=O)Nc1ccc(NC(=O)c2ccc(NC(=O)c3cc(Cl)cc(Cl)c3)cc2)cc1. The van der Waals surface area contributed by atoms with Crippen molar-refractivity contribution >= 4 is 62.1 Å². The van der Waals surface area contributed by atoms with Crippen LogP contribution in [0.2, 0.25) is 10.0 Å². The number of rotatable bonds is 7. The molecule has 3 aromatic carbocycles. The second-order valence-electron chi connectivity index (χ2n) is 6.73. The highest BCUT2D eigenvalue weighted by molar-refractivity contribution is 7.92. The van der Waals surface area contributed by atoms with Gasteiger partial charge in [-0.15, -0.1) is 0 Å². The van der Waals surface area contributed by atoms with Gasteiger partial charge >= 0.3 is 0 Å². The first kappa shape index (κ1) is 23.6. The smallest absolute Gasteiger partial charge is 0.255 e. The monoisotopic (exact) mass is 491 g/mol. The standard InChI is InChI=1S/C22H19Cl2N3O4S/c1-2-32(30,31)27-20-9-7-19(8-10-20)25-21(28)14-3-5-18(6-4-14)26-22(29)15-11-16(23)13-17(24)12-15/h3-13,27H,2H2,1H3,(H,25,28)(H,26,29). The molecule has 0 aliphatic heterocycles. The van der Waals surface area contributed by atoms with Crippen LogP contribution < -0.4 is 15.4 Å². The molecule has 3 rings (SSSR count). The Kier molecular flexibility index (Phi) is 7.40. The van der Waals surface area contributed by atoms with Crippen molar-refractivity contribution in [1.29, 1.82) is 0 Å². The van der Waals surface area contributed by atoms with Gasteiger partial charge in [0.05, 0.1) is 5.75 Å². The van der Waals surface area contributed by atoms with Crippen molar-refractivity contribution in [2.45, 2.75) is 6.92 Å². The van der Waals surface area contributed by atoms with E-state index in [1.54, 1.807) is 55.5 Å². The van der Waals surface area contributed by atoms with Crippen molar-refractivity contribution in [2.24, 2.45) is 0 Å². The lowest BCUT2D eigenvalue weighted by atomic mass is 10.1. The molecule has 166 valence electrons. The Morgan fingerprint density at radius 1 is 0.719 bits per heavy atom. The van der Waals surface area contributed by atoms with E-state index < -0.39 is 10.0 Å². The molecule has 0 unspecified atom stereocenters. The third-order valence-electron chi connectivity index (χ3n) is 4.33. The zero-order chi connectivity index (χ0) is 23.3. The molecule has 0 spiro atoms. The fraction of sp³-hybridized carbons (Fsp3) is 0.0909. The molecule has 0 saturated heterocycles. The number of carbonyl (C=O) groups excluding carboxylic acids is 2. The summed E-state index contributed by atoms with van der Waals surface area (Å²) >= 11 is 11.8. The molecule has 0 saturated carbocycles. The quantitative estimate of drug-likeness (QED) is 0.419. The van der Waals surface area contributed by atoms with Crippen molar-refractivity contribution < 1.29 is 18.0 Å². The van der Waals surface area contributed by atoms with Crippen molar-refractivity contribution in [1.82, 2.24) is 0 Å². The van der Waals surface area contributed by atoms with Crippen LogP contribution in [-0.2, 0) is 10.0 Å². The average molecular weight is 492 g/mol. The first-order valence-electron chi connectivity index (χ1n) is 9.44. The molecule has 0 atom stereocenters. The summed E-state index contributed by atoms with van der Waals surface area (Å²) in [4.78, 5) is 24.8. The van der Waals surface area contributed by atoms with E-state index in [-0.39, 0.29) is 17.6 Å². The molecule has 0 aliphatic carbocycles. The predicted octanol–water partition coefficient (Wildman–Crippen LogP) is 5.26. The summed E-state index contributed by atoms with van der Waals surface area (Å²) in [6.07, 6.45) is 0. The van der Waals surface area contributed by atoms with Crippen LogP contribution in [0.3, 0.4) is 0 Å². The van der Waals surface area contributed by atoms with Crippen molar-refractivity contribution in [3.05, 3.63) is 87.9 Å². The van der Waals surface area contributed by atoms with Gasteiger partial charge in [0.2, 0.25) is 10.0 Å². The molecule has 0 heterocycles. The molecule has 0 fully saturated rings. The van der Waals surface area contributed by atoms with E-state index in [0.29, 0.717) is 38.2 Å². The Balaban J connectivity index is 1.62. The maximum absolute atomic E-state index is 12.5. The molecular weight excluding hydrogens is 473 g/mol. The number of halogens is 2. The zero-order valence-corrected chi connectivity index (χ0v) is 19.2. The van der Waals surface area contributed by atoms with Gasteiger partial charge in [0.15, 0.2) is 0 Å². The summed E-state index contributed by atoms with van der Waals surface area (Å²) in [5.41, 5.74) is 2.10. The number of hydrogen-bond acceptors (Lipinski definition) is 4. The zero-order valence-electron chi connectivity index (χ0n) is 16.9. The van der Waals surface area contributed by atoms with Crippen LogP contribution in [0.25, 0.3) is 0 Å². The molecular formula is C22H19Cl2N3O4S. The van der Waals surface area contributed by atoms with E-state index in [4.69, 9.17) is 23.2 Å². The number of amides is 2. The van der Waals surface area contributed by atoms with Gasteiger partial charge in [0.1, 0.15) is 0 Å². The van der Waals surface area contributed by atoms with Gasteiger partial charge in [-0.3, -0.25) is 14.3 Å². The van der Waals surface area contributed by atoms with Crippen LogP contribution in [0, 0.1) is 0 Å². The highest BCUT2D eigenvalue weighted by atomic mass is 35.5. The van der Waals surface area contributed by atoms with Gasteiger partial charge in [-0.1, -0.05) is 23.2 Å². The first-order valence-corrected chi connectivity index (χ1v) is 11.9. The van der Waals surface area contributed by atoms with Gasteiger partial charge in [-0.25, -0.2) is 8.42 Å². The Morgan fingerprint density at radius 2 is 1.16 bits per heavy atom. The fourth-order valence-corrected chi connectivity index (χ4v) is 3.84.